The first kappa shape index (κ1) is 12.4. The zero-order chi connectivity index (χ0) is 11.5. The zero-order valence-electron chi connectivity index (χ0n) is 8.32. The number of ether oxygens (including phenoxy) is 1. The van der Waals surface area contributed by atoms with Gasteiger partial charge < -0.3 is 9.84 Å². The molecule has 0 aromatic carbocycles. The molecular weight excluding hydrogens is 224 g/mol. The summed E-state index contributed by atoms with van der Waals surface area (Å²) in [6.07, 6.45) is 0.132. The Morgan fingerprint density at radius 3 is 2.67 bits per heavy atom. The lowest BCUT2D eigenvalue weighted by Crippen LogP contribution is -2.57. The number of hydrogen-bond donors (Lipinski definition) is 3. The van der Waals surface area contributed by atoms with Gasteiger partial charge in [-0.15, -0.1) is 0 Å². The topological polar surface area (TPSA) is 105 Å². The Morgan fingerprint density at radius 1 is 1.60 bits per heavy atom. The van der Waals surface area contributed by atoms with Crippen LogP contribution in [0.3, 0.4) is 0 Å². The predicted octanol–water partition coefficient (Wildman–Crippen LogP) is -1.33. The number of carboxylic acids is 1. The molecule has 0 saturated carbocycles. The second-order valence-electron chi connectivity index (χ2n) is 3.29. The molecule has 0 aromatic heterocycles. The van der Waals surface area contributed by atoms with E-state index >= 15 is 0 Å². The summed E-state index contributed by atoms with van der Waals surface area (Å²) in [4.78, 5) is 11.0. The Kier molecular flexibility index (Phi) is 3.66. The average Bonchev–Trinajstić information content (AvgIpc) is 2.52. The van der Waals surface area contributed by atoms with E-state index in [0.717, 1.165) is 0 Å². The summed E-state index contributed by atoms with van der Waals surface area (Å²) in [6, 6.07) is 0. The summed E-state index contributed by atoms with van der Waals surface area (Å²) in [5.41, 5.74) is -1.53. The number of rotatable bonds is 5. The Labute approximate surface area is 88.0 Å². The van der Waals surface area contributed by atoms with Gasteiger partial charge in [0, 0.05) is 19.6 Å². The summed E-state index contributed by atoms with van der Waals surface area (Å²) in [6.45, 7) is 1.90. The average molecular weight is 238 g/mol. The van der Waals surface area contributed by atoms with Gasteiger partial charge >= 0.3 is 5.97 Å². The summed E-state index contributed by atoms with van der Waals surface area (Å²) in [5.74, 6) is -1.22. The molecule has 1 heterocycles. The molecule has 1 unspecified atom stereocenters. The third kappa shape index (κ3) is 2.88. The Hall–Kier alpha value is -0.700. The van der Waals surface area contributed by atoms with Crippen LogP contribution in [0.4, 0.5) is 0 Å². The minimum Gasteiger partial charge on any atom is -0.480 e. The van der Waals surface area contributed by atoms with Crippen molar-refractivity contribution in [2.75, 3.05) is 19.8 Å². The van der Waals surface area contributed by atoms with E-state index in [1.165, 1.54) is 0 Å². The summed E-state index contributed by atoms with van der Waals surface area (Å²) in [5, 5.41) is 8.96. The smallest absolute Gasteiger partial charge is 0.327 e. The van der Waals surface area contributed by atoms with Gasteiger partial charge in [-0.3, -0.25) is 4.79 Å². The van der Waals surface area contributed by atoms with E-state index in [2.05, 4.69) is 9.44 Å². The van der Waals surface area contributed by atoms with Gasteiger partial charge in [-0.25, -0.2) is 4.72 Å². The molecule has 88 valence electrons. The van der Waals surface area contributed by atoms with E-state index in [-0.39, 0.29) is 26.2 Å². The normalized spacial score (nSPS) is 26.7. The maximum atomic E-state index is 11.4. The predicted molar refractivity (Wildman–Crippen MR) is 51.5 cm³/mol. The van der Waals surface area contributed by atoms with Gasteiger partial charge in [0.05, 0.1) is 6.61 Å². The Morgan fingerprint density at radius 2 is 2.27 bits per heavy atom. The maximum Gasteiger partial charge on any atom is 0.327 e. The van der Waals surface area contributed by atoms with Crippen molar-refractivity contribution in [3.63, 3.8) is 0 Å². The molecule has 1 saturated heterocycles. The SMILES string of the molecule is CCNS(=O)(=O)NC1(C(=O)O)CCOC1. The van der Waals surface area contributed by atoms with Gasteiger partial charge in [-0.2, -0.15) is 13.1 Å². The molecule has 7 nitrogen and oxygen atoms in total. The number of carbonyl (C=O) groups is 1. The third-order valence-corrected chi connectivity index (χ3v) is 3.42. The molecule has 0 aromatic rings. The number of nitrogens with one attached hydrogen (secondary N) is 2. The molecule has 3 N–H and O–H groups in total. The van der Waals surface area contributed by atoms with Crippen molar-refractivity contribution in [2.24, 2.45) is 0 Å². The highest BCUT2D eigenvalue weighted by molar-refractivity contribution is 7.87. The number of aliphatic carboxylic acids is 1. The van der Waals surface area contributed by atoms with Crippen molar-refractivity contribution < 1.29 is 23.1 Å². The zero-order valence-corrected chi connectivity index (χ0v) is 9.13. The Balaban J connectivity index is 2.80. The van der Waals surface area contributed by atoms with Gasteiger partial charge in [0.1, 0.15) is 0 Å². The van der Waals surface area contributed by atoms with Crippen LogP contribution < -0.4 is 9.44 Å². The molecule has 0 spiro atoms. The fraction of sp³-hybridized carbons (Fsp3) is 0.857. The van der Waals surface area contributed by atoms with Gasteiger partial charge in [-0.05, 0) is 0 Å². The molecule has 1 atom stereocenters. The van der Waals surface area contributed by atoms with Crippen LogP contribution in [-0.2, 0) is 19.7 Å². The van der Waals surface area contributed by atoms with Crippen LogP contribution in [0.1, 0.15) is 13.3 Å². The number of hydrogen-bond acceptors (Lipinski definition) is 4. The van der Waals surface area contributed by atoms with E-state index in [1.54, 1.807) is 6.92 Å². The first-order valence-corrected chi connectivity index (χ1v) is 6.00. The van der Waals surface area contributed by atoms with Crippen LogP contribution in [0.5, 0.6) is 0 Å². The monoisotopic (exact) mass is 238 g/mol. The lowest BCUT2D eigenvalue weighted by atomic mass is 10.0. The van der Waals surface area contributed by atoms with Gasteiger partial charge in [0.2, 0.25) is 0 Å². The van der Waals surface area contributed by atoms with E-state index < -0.39 is 21.7 Å². The van der Waals surface area contributed by atoms with E-state index in [9.17, 15) is 13.2 Å². The molecule has 15 heavy (non-hydrogen) atoms. The largest absolute Gasteiger partial charge is 0.480 e. The maximum absolute atomic E-state index is 11.4. The van der Waals surface area contributed by atoms with Crippen molar-refractivity contribution in [3.05, 3.63) is 0 Å². The van der Waals surface area contributed by atoms with E-state index in [4.69, 9.17) is 9.84 Å². The van der Waals surface area contributed by atoms with Crippen molar-refractivity contribution in [2.45, 2.75) is 18.9 Å². The van der Waals surface area contributed by atoms with E-state index in [1.807, 2.05) is 0 Å². The lowest BCUT2D eigenvalue weighted by molar-refractivity contribution is -0.144. The van der Waals surface area contributed by atoms with Crippen molar-refractivity contribution >= 4 is 16.2 Å². The highest BCUT2D eigenvalue weighted by Crippen LogP contribution is 2.19. The fourth-order valence-electron chi connectivity index (χ4n) is 1.34. The molecule has 1 fully saturated rings. The van der Waals surface area contributed by atoms with Crippen LogP contribution in [0, 0.1) is 0 Å². The fourth-order valence-corrected chi connectivity index (χ4v) is 2.56. The van der Waals surface area contributed by atoms with Gasteiger partial charge in [0.25, 0.3) is 10.2 Å². The molecule has 8 heteroatoms. The molecule has 0 bridgehead atoms. The minimum atomic E-state index is -3.78. The van der Waals surface area contributed by atoms with Crippen LogP contribution in [0.25, 0.3) is 0 Å². The van der Waals surface area contributed by atoms with Crippen LogP contribution in [0.2, 0.25) is 0 Å². The molecule has 0 radical (unpaired) electrons. The number of carboxylic acid groups (broad SMARTS) is 1. The highest BCUT2D eigenvalue weighted by atomic mass is 32.2. The Bertz CT molecular complexity index is 333. The van der Waals surface area contributed by atoms with Crippen LogP contribution in [-0.4, -0.2) is 44.8 Å². The molecule has 0 aliphatic carbocycles. The first-order chi connectivity index (χ1) is 6.92. The van der Waals surface area contributed by atoms with Crippen LogP contribution >= 0.6 is 0 Å². The second-order valence-corrected chi connectivity index (χ2v) is 4.79. The van der Waals surface area contributed by atoms with Gasteiger partial charge in [-0.1, -0.05) is 6.92 Å². The molecule has 1 rings (SSSR count). The summed E-state index contributed by atoms with van der Waals surface area (Å²) >= 11 is 0. The minimum absolute atomic E-state index is 0.132. The summed E-state index contributed by atoms with van der Waals surface area (Å²) in [7, 11) is -3.78. The van der Waals surface area contributed by atoms with E-state index in [0.29, 0.717) is 0 Å². The molecule has 1 aliphatic heterocycles. The van der Waals surface area contributed by atoms with Crippen molar-refractivity contribution in [1.29, 1.82) is 0 Å². The first-order valence-electron chi connectivity index (χ1n) is 4.51. The van der Waals surface area contributed by atoms with Crippen LogP contribution in [0.15, 0.2) is 0 Å². The molecule has 0 amide bonds. The highest BCUT2D eigenvalue weighted by Gasteiger charge is 2.45. The second kappa shape index (κ2) is 4.44. The van der Waals surface area contributed by atoms with Gasteiger partial charge in [0.15, 0.2) is 5.54 Å². The standard InChI is InChI=1S/C7H14N2O5S/c1-2-8-15(12,13)9-7(6(10)11)3-4-14-5-7/h8-9H,2-5H2,1H3,(H,10,11). The quantitative estimate of drug-likeness (QED) is 0.550. The summed E-state index contributed by atoms with van der Waals surface area (Å²) < 4.78 is 31.9. The lowest BCUT2D eigenvalue weighted by Gasteiger charge is -2.23. The van der Waals surface area contributed by atoms with Crippen molar-refractivity contribution in [1.82, 2.24) is 9.44 Å². The molecule has 1 aliphatic rings. The third-order valence-electron chi connectivity index (χ3n) is 2.10. The molecular formula is C7H14N2O5S. The van der Waals surface area contributed by atoms with Crippen molar-refractivity contribution in [3.8, 4) is 0 Å².